The zero-order valence-corrected chi connectivity index (χ0v) is 10.6. The number of carbonyl (C=O) groups excluding carboxylic acids is 1. The number of ether oxygens (including phenoxy) is 1. The molecule has 0 aliphatic carbocycles. The summed E-state index contributed by atoms with van der Waals surface area (Å²) in [5, 5.41) is 3.24. The van der Waals surface area contributed by atoms with Crippen molar-refractivity contribution in [1.29, 1.82) is 0 Å². The Kier molecular flexibility index (Phi) is 3.75. The fourth-order valence-corrected chi connectivity index (χ4v) is 1.64. The van der Waals surface area contributed by atoms with Crippen LogP contribution in [0.5, 0.6) is 0 Å². The first-order valence-electron chi connectivity index (χ1n) is 5.32. The van der Waals surface area contributed by atoms with Crippen LogP contribution in [0.15, 0.2) is 12.3 Å². The van der Waals surface area contributed by atoms with E-state index in [2.05, 4.69) is 19.2 Å². The summed E-state index contributed by atoms with van der Waals surface area (Å²) in [6, 6.07) is 1.88. The summed E-state index contributed by atoms with van der Waals surface area (Å²) in [5.74, 6) is -0.295. The third kappa shape index (κ3) is 2.85. The second-order valence-electron chi connectivity index (χ2n) is 4.65. The molecule has 1 aromatic heterocycles. The van der Waals surface area contributed by atoms with Gasteiger partial charge >= 0.3 is 5.97 Å². The number of hydrogen-bond donors (Lipinski definition) is 1. The zero-order valence-electron chi connectivity index (χ0n) is 10.6. The number of nitrogens with one attached hydrogen (secondary N) is 1. The van der Waals surface area contributed by atoms with Crippen molar-refractivity contribution in [3.8, 4) is 0 Å². The van der Waals surface area contributed by atoms with Crippen molar-refractivity contribution in [2.45, 2.75) is 25.8 Å². The zero-order chi connectivity index (χ0) is 12.3. The van der Waals surface area contributed by atoms with E-state index in [0.29, 0.717) is 5.69 Å². The molecule has 0 unspecified atom stereocenters. The lowest BCUT2D eigenvalue weighted by atomic mass is 9.97. The van der Waals surface area contributed by atoms with Gasteiger partial charge in [-0.15, -0.1) is 0 Å². The molecule has 16 heavy (non-hydrogen) atoms. The van der Waals surface area contributed by atoms with Gasteiger partial charge in [0.2, 0.25) is 0 Å². The van der Waals surface area contributed by atoms with Crippen molar-refractivity contribution in [2.24, 2.45) is 7.05 Å². The number of methoxy groups -OCH3 is 1. The van der Waals surface area contributed by atoms with Crippen molar-refractivity contribution in [3.05, 3.63) is 23.5 Å². The van der Waals surface area contributed by atoms with Gasteiger partial charge in [0.1, 0.15) is 5.69 Å². The van der Waals surface area contributed by atoms with Crippen molar-refractivity contribution < 1.29 is 9.53 Å². The minimum Gasteiger partial charge on any atom is -0.464 e. The summed E-state index contributed by atoms with van der Waals surface area (Å²) in [4.78, 5) is 11.4. The fourth-order valence-electron chi connectivity index (χ4n) is 1.64. The second kappa shape index (κ2) is 4.70. The maximum absolute atomic E-state index is 11.4. The van der Waals surface area contributed by atoms with E-state index in [1.54, 1.807) is 4.57 Å². The summed E-state index contributed by atoms with van der Waals surface area (Å²) in [6.07, 6.45) is 2.83. The Morgan fingerprint density at radius 3 is 2.69 bits per heavy atom. The highest BCUT2D eigenvalue weighted by Crippen LogP contribution is 2.15. The smallest absolute Gasteiger partial charge is 0.354 e. The van der Waals surface area contributed by atoms with Crippen LogP contribution in [0, 0.1) is 0 Å². The van der Waals surface area contributed by atoms with Gasteiger partial charge in [0, 0.05) is 18.8 Å². The van der Waals surface area contributed by atoms with Gasteiger partial charge in [-0.3, -0.25) is 0 Å². The number of aryl methyl sites for hydroxylation is 1. The van der Waals surface area contributed by atoms with Gasteiger partial charge in [-0.05, 0) is 38.9 Å². The predicted molar refractivity (Wildman–Crippen MR) is 63.6 cm³/mol. The van der Waals surface area contributed by atoms with Crippen LogP contribution in [0.1, 0.15) is 29.9 Å². The van der Waals surface area contributed by atoms with Crippen LogP contribution in [0.25, 0.3) is 0 Å². The first-order chi connectivity index (χ1) is 7.39. The van der Waals surface area contributed by atoms with Gasteiger partial charge in [0.25, 0.3) is 0 Å². The molecule has 0 radical (unpaired) electrons. The topological polar surface area (TPSA) is 43.3 Å². The monoisotopic (exact) mass is 224 g/mol. The van der Waals surface area contributed by atoms with Gasteiger partial charge < -0.3 is 14.6 Å². The van der Waals surface area contributed by atoms with E-state index < -0.39 is 0 Å². The van der Waals surface area contributed by atoms with E-state index in [4.69, 9.17) is 4.74 Å². The van der Waals surface area contributed by atoms with Crippen molar-refractivity contribution in [2.75, 3.05) is 14.2 Å². The van der Waals surface area contributed by atoms with E-state index in [1.807, 2.05) is 26.4 Å². The number of aromatic nitrogens is 1. The SMILES string of the molecule is CNC(C)(C)Cc1cc(C(=O)OC)n(C)c1. The first-order valence-corrected chi connectivity index (χ1v) is 5.32. The molecule has 0 aliphatic heterocycles. The minimum atomic E-state index is -0.295. The molecule has 90 valence electrons. The number of hydrogen-bond acceptors (Lipinski definition) is 3. The Labute approximate surface area is 96.6 Å². The number of likely N-dealkylation sites (N-methyl/N-ethyl adjacent to an activating group) is 1. The summed E-state index contributed by atoms with van der Waals surface area (Å²) < 4.78 is 6.51. The normalized spacial score (nSPS) is 11.6. The van der Waals surface area contributed by atoms with Crippen LogP contribution in [0.3, 0.4) is 0 Å². The summed E-state index contributed by atoms with van der Waals surface area (Å²) in [5.41, 5.74) is 1.74. The third-order valence-electron chi connectivity index (χ3n) is 2.78. The number of rotatable bonds is 4. The van der Waals surface area contributed by atoms with Crippen molar-refractivity contribution in [3.63, 3.8) is 0 Å². The van der Waals surface area contributed by atoms with Crippen molar-refractivity contribution in [1.82, 2.24) is 9.88 Å². The van der Waals surface area contributed by atoms with E-state index in [1.165, 1.54) is 7.11 Å². The van der Waals surface area contributed by atoms with E-state index in [0.717, 1.165) is 12.0 Å². The van der Waals surface area contributed by atoms with E-state index in [9.17, 15) is 4.79 Å². The highest BCUT2D eigenvalue weighted by molar-refractivity contribution is 5.87. The minimum absolute atomic E-state index is 0.0226. The molecule has 0 saturated heterocycles. The molecule has 1 N–H and O–H groups in total. The molecule has 4 nitrogen and oxygen atoms in total. The largest absolute Gasteiger partial charge is 0.464 e. The van der Waals surface area contributed by atoms with Crippen LogP contribution in [-0.4, -0.2) is 30.2 Å². The number of carbonyl (C=O) groups is 1. The maximum atomic E-state index is 11.4. The lowest BCUT2D eigenvalue weighted by Gasteiger charge is -2.23. The van der Waals surface area contributed by atoms with Gasteiger partial charge in [-0.25, -0.2) is 4.79 Å². The van der Waals surface area contributed by atoms with Gasteiger partial charge in [0.05, 0.1) is 7.11 Å². The Bertz CT molecular complexity index is 380. The molecule has 4 heteroatoms. The predicted octanol–water partition coefficient (Wildman–Crippen LogP) is 1.35. The Hall–Kier alpha value is -1.29. The molecular weight excluding hydrogens is 204 g/mol. The van der Waals surface area contributed by atoms with Crippen LogP contribution in [0.4, 0.5) is 0 Å². The van der Waals surface area contributed by atoms with Crippen LogP contribution >= 0.6 is 0 Å². The summed E-state index contributed by atoms with van der Waals surface area (Å²) in [7, 11) is 5.18. The standard InChI is InChI=1S/C12H20N2O2/c1-12(2,13-3)7-9-6-10(11(15)16-5)14(4)8-9/h6,8,13H,7H2,1-5H3. The highest BCUT2D eigenvalue weighted by Gasteiger charge is 2.18. The molecule has 0 aliphatic rings. The summed E-state index contributed by atoms with van der Waals surface area (Å²) >= 11 is 0. The number of nitrogens with zero attached hydrogens (tertiary/aromatic N) is 1. The van der Waals surface area contributed by atoms with Gasteiger partial charge in [0.15, 0.2) is 0 Å². The van der Waals surface area contributed by atoms with Crippen LogP contribution in [-0.2, 0) is 18.2 Å². The Morgan fingerprint density at radius 2 is 2.19 bits per heavy atom. The summed E-state index contributed by atoms with van der Waals surface area (Å²) in [6.45, 7) is 4.25. The highest BCUT2D eigenvalue weighted by atomic mass is 16.5. The Morgan fingerprint density at radius 1 is 1.56 bits per heavy atom. The average Bonchev–Trinajstić information content (AvgIpc) is 2.57. The van der Waals surface area contributed by atoms with E-state index in [-0.39, 0.29) is 11.5 Å². The molecule has 1 heterocycles. The fraction of sp³-hybridized carbons (Fsp3) is 0.583. The Balaban J connectivity index is 2.89. The van der Waals surface area contributed by atoms with Gasteiger partial charge in [-0.1, -0.05) is 0 Å². The molecule has 0 atom stereocenters. The van der Waals surface area contributed by atoms with E-state index >= 15 is 0 Å². The molecular formula is C12H20N2O2. The molecule has 0 spiro atoms. The molecule has 0 aromatic carbocycles. The lowest BCUT2D eigenvalue weighted by molar-refractivity contribution is 0.0590. The lowest BCUT2D eigenvalue weighted by Crippen LogP contribution is -2.38. The quantitative estimate of drug-likeness (QED) is 0.785. The van der Waals surface area contributed by atoms with Gasteiger partial charge in [-0.2, -0.15) is 0 Å². The van der Waals surface area contributed by atoms with Crippen LogP contribution < -0.4 is 5.32 Å². The second-order valence-corrected chi connectivity index (χ2v) is 4.65. The molecule has 0 fully saturated rings. The third-order valence-corrected chi connectivity index (χ3v) is 2.78. The number of esters is 1. The molecule has 1 aromatic rings. The molecule has 1 rings (SSSR count). The molecule has 0 amide bonds. The van der Waals surface area contributed by atoms with Crippen LogP contribution in [0.2, 0.25) is 0 Å². The van der Waals surface area contributed by atoms with Crippen molar-refractivity contribution >= 4 is 5.97 Å². The molecule has 0 bridgehead atoms. The molecule has 0 saturated carbocycles. The first kappa shape index (κ1) is 12.8. The average molecular weight is 224 g/mol. The maximum Gasteiger partial charge on any atom is 0.354 e.